The molecule has 0 aliphatic carbocycles. The van der Waals surface area contributed by atoms with Crippen LogP contribution in [-0.4, -0.2) is 44.4 Å². The van der Waals surface area contributed by atoms with E-state index >= 15 is 0 Å². The van der Waals surface area contributed by atoms with Crippen molar-refractivity contribution in [2.75, 3.05) is 6.54 Å². The van der Waals surface area contributed by atoms with E-state index in [1.807, 2.05) is 29.2 Å². The molecule has 3 N–H and O–H groups in total. The molecule has 0 bridgehead atoms. The Hall–Kier alpha value is -2.67. The van der Waals surface area contributed by atoms with Gasteiger partial charge >= 0.3 is 5.97 Å². The van der Waals surface area contributed by atoms with Gasteiger partial charge in [-0.25, -0.2) is 9.78 Å². The van der Waals surface area contributed by atoms with Gasteiger partial charge in [0.25, 0.3) is 0 Å². The predicted octanol–water partition coefficient (Wildman–Crippen LogP) is 0.537. The highest BCUT2D eigenvalue weighted by Crippen LogP contribution is 2.21. The standard InChI is InChI=1S/C16H18N4O3/c21-15(9-20-7-11-3-1-2-4-12(11)8-20)19-14(16(22)23)5-13-6-17-10-18-13/h1-4,6,10,14H,5,7-9H2,(H,17,18)(H,19,21)(H,22,23)/t14-/m0/s1. The molecule has 2 heterocycles. The van der Waals surface area contributed by atoms with Gasteiger partial charge in [0.15, 0.2) is 0 Å². The zero-order valence-corrected chi connectivity index (χ0v) is 12.5. The first-order valence-electron chi connectivity index (χ1n) is 7.40. The van der Waals surface area contributed by atoms with Crippen LogP contribution < -0.4 is 5.32 Å². The number of rotatable bonds is 6. The maximum atomic E-state index is 12.2. The third-order valence-electron chi connectivity index (χ3n) is 3.89. The van der Waals surface area contributed by atoms with E-state index in [0.717, 1.165) is 0 Å². The van der Waals surface area contributed by atoms with E-state index in [-0.39, 0.29) is 18.9 Å². The van der Waals surface area contributed by atoms with Crippen LogP contribution >= 0.6 is 0 Å². The average molecular weight is 314 g/mol. The van der Waals surface area contributed by atoms with Gasteiger partial charge in [-0.05, 0) is 11.1 Å². The third kappa shape index (κ3) is 3.75. The summed E-state index contributed by atoms with van der Waals surface area (Å²) in [5.41, 5.74) is 3.10. The van der Waals surface area contributed by atoms with Gasteiger partial charge in [-0.15, -0.1) is 0 Å². The van der Waals surface area contributed by atoms with Crippen LogP contribution in [0.25, 0.3) is 0 Å². The first kappa shape index (κ1) is 15.2. The smallest absolute Gasteiger partial charge is 0.326 e. The molecule has 0 radical (unpaired) electrons. The molecule has 0 fully saturated rings. The molecule has 0 unspecified atom stereocenters. The summed E-state index contributed by atoms with van der Waals surface area (Å²) in [5, 5.41) is 11.8. The quantitative estimate of drug-likeness (QED) is 0.723. The first-order chi connectivity index (χ1) is 11.1. The first-order valence-corrected chi connectivity index (χ1v) is 7.40. The van der Waals surface area contributed by atoms with E-state index in [4.69, 9.17) is 0 Å². The summed E-state index contributed by atoms with van der Waals surface area (Å²) in [6.07, 6.45) is 3.22. The van der Waals surface area contributed by atoms with Gasteiger partial charge in [-0.2, -0.15) is 0 Å². The Bertz CT molecular complexity index is 674. The number of nitrogens with one attached hydrogen (secondary N) is 2. The van der Waals surface area contributed by atoms with Crippen molar-refractivity contribution < 1.29 is 14.7 Å². The van der Waals surface area contributed by atoms with E-state index in [1.165, 1.54) is 17.5 Å². The summed E-state index contributed by atoms with van der Waals surface area (Å²) < 4.78 is 0. The molecule has 23 heavy (non-hydrogen) atoms. The fourth-order valence-electron chi connectivity index (χ4n) is 2.77. The Kier molecular flexibility index (Phi) is 4.38. The highest BCUT2D eigenvalue weighted by atomic mass is 16.4. The van der Waals surface area contributed by atoms with Crippen LogP contribution in [-0.2, 0) is 29.1 Å². The third-order valence-corrected chi connectivity index (χ3v) is 3.89. The monoisotopic (exact) mass is 314 g/mol. The van der Waals surface area contributed by atoms with Gasteiger partial charge in [-0.1, -0.05) is 24.3 Å². The number of aromatic nitrogens is 2. The largest absolute Gasteiger partial charge is 0.480 e. The number of hydrogen-bond acceptors (Lipinski definition) is 4. The number of fused-ring (bicyclic) bond motifs is 1. The van der Waals surface area contributed by atoms with Crippen molar-refractivity contribution in [1.82, 2.24) is 20.2 Å². The van der Waals surface area contributed by atoms with Crippen LogP contribution in [0.1, 0.15) is 16.8 Å². The Morgan fingerprint density at radius 1 is 1.30 bits per heavy atom. The fourth-order valence-corrected chi connectivity index (χ4v) is 2.77. The number of carboxylic acid groups (broad SMARTS) is 1. The molecule has 120 valence electrons. The Morgan fingerprint density at radius 3 is 2.57 bits per heavy atom. The normalized spacial score (nSPS) is 15.1. The van der Waals surface area contributed by atoms with Crippen molar-refractivity contribution in [3.05, 3.63) is 53.6 Å². The second-order valence-corrected chi connectivity index (χ2v) is 5.65. The highest BCUT2D eigenvalue weighted by Gasteiger charge is 2.24. The zero-order chi connectivity index (χ0) is 16.2. The van der Waals surface area contributed by atoms with E-state index in [0.29, 0.717) is 18.8 Å². The molecule has 3 rings (SSSR count). The summed E-state index contributed by atoms with van der Waals surface area (Å²) in [5.74, 6) is -1.35. The minimum Gasteiger partial charge on any atom is -0.480 e. The average Bonchev–Trinajstić information content (AvgIpc) is 3.14. The van der Waals surface area contributed by atoms with Crippen molar-refractivity contribution in [2.45, 2.75) is 25.6 Å². The molecule has 7 heteroatoms. The van der Waals surface area contributed by atoms with Crippen LogP contribution in [0.15, 0.2) is 36.8 Å². The molecule has 1 aliphatic heterocycles. The molecular weight excluding hydrogens is 296 g/mol. The van der Waals surface area contributed by atoms with Crippen LogP contribution in [0.4, 0.5) is 0 Å². The van der Waals surface area contributed by atoms with Crippen molar-refractivity contribution in [3.63, 3.8) is 0 Å². The summed E-state index contributed by atoms with van der Waals surface area (Å²) in [6.45, 7) is 1.60. The van der Waals surface area contributed by atoms with Gasteiger partial charge in [-0.3, -0.25) is 9.69 Å². The molecule has 1 atom stereocenters. The Morgan fingerprint density at radius 2 is 2.00 bits per heavy atom. The summed E-state index contributed by atoms with van der Waals surface area (Å²) in [6, 6.07) is 7.09. The summed E-state index contributed by atoms with van der Waals surface area (Å²) in [4.78, 5) is 32.2. The van der Waals surface area contributed by atoms with Crippen LogP contribution in [0.2, 0.25) is 0 Å². The van der Waals surface area contributed by atoms with E-state index in [1.54, 1.807) is 6.20 Å². The lowest BCUT2D eigenvalue weighted by molar-refractivity contribution is -0.142. The number of nitrogens with zero attached hydrogens (tertiary/aromatic N) is 2. The minimum atomic E-state index is -1.06. The number of H-pyrrole nitrogens is 1. The molecule has 7 nitrogen and oxygen atoms in total. The van der Waals surface area contributed by atoms with Gasteiger partial charge < -0.3 is 15.4 Å². The Labute approximate surface area is 133 Å². The van der Waals surface area contributed by atoms with Crippen LogP contribution in [0.5, 0.6) is 0 Å². The number of carboxylic acids is 1. The molecule has 2 aromatic rings. The number of aromatic amines is 1. The van der Waals surface area contributed by atoms with E-state index < -0.39 is 12.0 Å². The molecule has 0 spiro atoms. The minimum absolute atomic E-state index is 0.182. The van der Waals surface area contributed by atoms with Crippen LogP contribution in [0, 0.1) is 0 Å². The van der Waals surface area contributed by atoms with Crippen molar-refractivity contribution >= 4 is 11.9 Å². The van der Waals surface area contributed by atoms with E-state index in [9.17, 15) is 14.7 Å². The number of carbonyl (C=O) groups is 2. The number of imidazole rings is 1. The maximum absolute atomic E-state index is 12.2. The molecule has 1 aliphatic rings. The number of amides is 1. The molecule has 1 aromatic heterocycles. The number of benzene rings is 1. The Balaban J connectivity index is 1.55. The molecule has 1 amide bonds. The van der Waals surface area contributed by atoms with Crippen molar-refractivity contribution in [1.29, 1.82) is 0 Å². The van der Waals surface area contributed by atoms with Crippen molar-refractivity contribution in [2.24, 2.45) is 0 Å². The summed E-state index contributed by atoms with van der Waals surface area (Å²) >= 11 is 0. The fraction of sp³-hybridized carbons (Fsp3) is 0.312. The summed E-state index contributed by atoms with van der Waals surface area (Å²) in [7, 11) is 0. The van der Waals surface area contributed by atoms with E-state index in [2.05, 4.69) is 15.3 Å². The lowest BCUT2D eigenvalue weighted by Gasteiger charge is -2.18. The molecule has 0 saturated carbocycles. The lowest BCUT2D eigenvalue weighted by Crippen LogP contribution is -2.46. The molecule has 1 aromatic carbocycles. The highest BCUT2D eigenvalue weighted by molar-refractivity contribution is 5.84. The number of carbonyl (C=O) groups excluding carboxylic acids is 1. The van der Waals surface area contributed by atoms with Crippen LogP contribution in [0.3, 0.4) is 0 Å². The second-order valence-electron chi connectivity index (χ2n) is 5.65. The molecule has 0 saturated heterocycles. The SMILES string of the molecule is O=C(CN1Cc2ccccc2C1)N[C@@H](Cc1cnc[nH]1)C(=O)O. The zero-order valence-electron chi connectivity index (χ0n) is 12.5. The van der Waals surface area contributed by atoms with Crippen molar-refractivity contribution in [3.8, 4) is 0 Å². The lowest BCUT2D eigenvalue weighted by atomic mass is 10.1. The predicted molar refractivity (Wildman–Crippen MR) is 82.4 cm³/mol. The van der Waals surface area contributed by atoms with Gasteiger partial charge in [0.2, 0.25) is 5.91 Å². The number of hydrogen-bond donors (Lipinski definition) is 3. The maximum Gasteiger partial charge on any atom is 0.326 e. The van der Waals surface area contributed by atoms with Gasteiger partial charge in [0, 0.05) is 31.4 Å². The van der Waals surface area contributed by atoms with Gasteiger partial charge in [0.1, 0.15) is 6.04 Å². The van der Waals surface area contributed by atoms with Gasteiger partial charge in [0.05, 0.1) is 12.9 Å². The number of aliphatic carboxylic acids is 1. The topological polar surface area (TPSA) is 98.3 Å². The second kappa shape index (κ2) is 6.62. The molecular formula is C16H18N4O3.